The molecule has 0 atom stereocenters. The molecule has 2 rings (SSSR count). The summed E-state index contributed by atoms with van der Waals surface area (Å²) in [6, 6.07) is 0. The Balaban J connectivity index is 1.47. The molecule has 0 spiro atoms. The van der Waals surface area contributed by atoms with E-state index in [9.17, 15) is 0 Å². The number of hydrogen-bond donors (Lipinski definition) is 1. The molecule has 1 aliphatic carbocycles. The monoisotopic (exact) mass is 238 g/mol. The van der Waals surface area contributed by atoms with Crippen LogP contribution in [-0.2, 0) is 4.74 Å². The van der Waals surface area contributed by atoms with E-state index in [2.05, 4.69) is 16.3 Å². The zero-order valence-corrected chi connectivity index (χ0v) is 10.9. The van der Waals surface area contributed by atoms with E-state index < -0.39 is 0 Å². The molecule has 1 aliphatic heterocycles. The fraction of sp³-hybridized carbons (Fsp3) is 0.857. The molecule has 1 N–H and O–H groups in total. The minimum absolute atomic E-state index is 0.910. The summed E-state index contributed by atoms with van der Waals surface area (Å²) in [6.07, 6.45) is 9.15. The van der Waals surface area contributed by atoms with Gasteiger partial charge in [-0.15, -0.1) is 0 Å². The van der Waals surface area contributed by atoms with Crippen LogP contribution in [0, 0.1) is 0 Å². The van der Waals surface area contributed by atoms with Crippen molar-refractivity contribution in [1.29, 1.82) is 0 Å². The molecule has 1 heterocycles. The second-order valence-electron chi connectivity index (χ2n) is 5.06. The summed E-state index contributed by atoms with van der Waals surface area (Å²) in [7, 11) is 0. The van der Waals surface area contributed by atoms with Gasteiger partial charge in [0, 0.05) is 26.2 Å². The molecule has 0 bridgehead atoms. The number of morpholine rings is 1. The molecule has 1 saturated heterocycles. The lowest BCUT2D eigenvalue weighted by Crippen LogP contribution is -2.40. The normalized spacial score (nSPS) is 22.5. The van der Waals surface area contributed by atoms with Crippen molar-refractivity contribution < 1.29 is 4.74 Å². The molecule has 2 aliphatic rings. The predicted molar refractivity (Wildman–Crippen MR) is 71.3 cm³/mol. The number of ether oxygens (including phenoxy) is 1. The van der Waals surface area contributed by atoms with Crippen LogP contribution >= 0.6 is 0 Å². The highest BCUT2D eigenvalue weighted by atomic mass is 16.5. The first-order chi connectivity index (χ1) is 8.45. The van der Waals surface area contributed by atoms with E-state index in [1.807, 2.05) is 0 Å². The number of rotatable bonds is 6. The Kier molecular flexibility index (Phi) is 6.03. The van der Waals surface area contributed by atoms with E-state index in [1.165, 1.54) is 38.6 Å². The standard InChI is InChI=1S/C14H26N2O/c1-2-4-14(5-3-1)6-7-15-8-9-16-10-12-17-13-11-16/h4,15H,1-3,5-13H2. The maximum Gasteiger partial charge on any atom is 0.0594 e. The Labute approximate surface area is 105 Å². The van der Waals surface area contributed by atoms with Gasteiger partial charge < -0.3 is 10.1 Å². The van der Waals surface area contributed by atoms with Crippen molar-refractivity contribution in [1.82, 2.24) is 10.2 Å². The molecule has 0 aromatic carbocycles. The van der Waals surface area contributed by atoms with E-state index in [0.717, 1.165) is 39.4 Å². The van der Waals surface area contributed by atoms with Gasteiger partial charge in [0.25, 0.3) is 0 Å². The number of nitrogens with one attached hydrogen (secondary N) is 1. The van der Waals surface area contributed by atoms with E-state index in [-0.39, 0.29) is 0 Å². The third kappa shape index (κ3) is 5.19. The topological polar surface area (TPSA) is 24.5 Å². The van der Waals surface area contributed by atoms with Gasteiger partial charge in [0.15, 0.2) is 0 Å². The van der Waals surface area contributed by atoms with E-state index in [4.69, 9.17) is 4.74 Å². The largest absolute Gasteiger partial charge is 0.379 e. The summed E-state index contributed by atoms with van der Waals surface area (Å²) < 4.78 is 5.34. The molecule has 0 amide bonds. The van der Waals surface area contributed by atoms with Crippen LogP contribution < -0.4 is 5.32 Å². The van der Waals surface area contributed by atoms with Crippen molar-refractivity contribution in [2.45, 2.75) is 32.1 Å². The van der Waals surface area contributed by atoms with Crippen LogP contribution in [0.3, 0.4) is 0 Å². The van der Waals surface area contributed by atoms with Crippen LogP contribution in [0.2, 0.25) is 0 Å². The highest BCUT2D eigenvalue weighted by Gasteiger charge is 2.09. The smallest absolute Gasteiger partial charge is 0.0594 e. The van der Waals surface area contributed by atoms with Gasteiger partial charge in [-0.25, -0.2) is 0 Å². The molecule has 3 heteroatoms. The first-order valence-corrected chi connectivity index (χ1v) is 7.14. The van der Waals surface area contributed by atoms with Gasteiger partial charge in [0.1, 0.15) is 0 Å². The minimum Gasteiger partial charge on any atom is -0.379 e. The lowest BCUT2D eigenvalue weighted by molar-refractivity contribution is 0.0385. The molecular formula is C14H26N2O. The zero-order chi connectivity index (χ0) is 11.8. The van der Waals surface area contributed by atoms with Gasteiger partial charge >= 0.3 is 0 Å². The molecule has 0 unspecified atom stereocenters. The average Bonchev–Trinajstić information content (AvgIpc) is 2.41. The van der Waals surface area contributed by atoms with Gasteiger partial charge in [-0.05, 0) is 38.6 Å². The maximum absolute atomic E-state index is 5.34. The van der Waals surface area contributed by atoms with Gasteiger partial charge in [-0.1, -0.05) is 11.6 Å². The number of nitrogens with zero attached hydrogens (tertiary/aromatic N) is 1. The molecular weight excluding hydrogens is 212 g/mol. The molecule has 17 heavy (non-hydrogen) atoms. The Morgan fingerprint density at radius 3 is 2.82 bits per heavy atom. The first-order valence-electron chi connectivity index (χ1n) is 7.14. The molecule has 0 saturated carbocycles. The van der Waals surface area contributed by atoms with Gasteiger partial charge in [-0.3, -0.25) is 4.90 Å². The average molecular weight is 238 g/mol. The number of hydrogen-bond acceptors (Lipinski definition) is 3. The van der Waals surface area contributed by atoms with E-state index >= 15 is 0 Å². The summed E-state index contributed by atoms with van der Waals surface area (Å²) in [5.41, 5.74) is 1.68. The Bertz CT molecular complexity index is 234. The predicted octanol–water partition coefficient (Wildman–Crippen LogP) is 1.80. The Hall–Kier alpha value is -0.380. The third-order valence-electron chi connectivity index (χ3n) is 3.72. The van der Waals surface area contributed by atoms with Crippen molar-refractivity contribution in [3.8, 4) is 0 Å². The SMILES string of the molecule is C1=C(CCNCCN2CCOCC2)CCCC1. The highest BCUT2D eigenvalue weighted by Crippen LogP contribution is 2.19. The Morgan fingerprint density at radius 2 is 2.06 bits per heavy atom. The molecule has 1 fully saturated rings. The van der Waals surface area contributed by atoms with Crippen LogP contribution in [0.1, 0.15) is 32.1 Å². The second kappa shape index (κ2) is 7.85. The zero-order valence-electron chi connectivity index (χ0n) is 10.9. The van der Waals surface area contributed by atoms with Crippen molar-refractivity contribution >= 4 is 0 Å². The third-order valence-corrected chi connectivity index (χ3v) is 3.72. The fourth-order valence-corrected chi connectivity index (χ4v) is 2.57. The Morgan fingerprint density at radius 1 is 1.18 bits per heavy atom. The summed E-state index contributed by atoms with van der Waals surface area (Å²) in [4.78, 5) is 2.48. The van der Waals surface area contributed by atoms with Crippen LogP contribution in [0.25, 0.3) is 0 Å². The maximum atomic E-state index is 5.34. The van der Waals surface area contributed by atoms with Crippen molar-refractivity contribution in [3.05, 3.63) is 11.6 Å². The summed E-state index contributed by atoms with van der Waals surface area (Å²) in [5, 5.41) is 3.56. The molecule has 98 valence electrons. The first kappa shape index (κ1) is 13.1. The quantitative estimate of drug-likeness (QED) is 0.564. The molecule has 0 aromatic heterocycles. The van der Waals surface area contributed by atoms with Crippen LogP contribution in [0.5, 0.6) is 0 Å². The van der Waals surface area contributed by atoms with E-state index in [1.54, 1.807) is 5.57 Å². The molecule has 0 radical (unpaired) electrons. The lowest BCUT2D eigenvalue weighted by Gasteiger charge is -2.26. The highest BCUT2D eigenvalue weighted by molar-refractivity contribution is 5.05. The van der Waals surface area contributed by atoms with Crippen LogP contribution in [0.4, 0.5) is 0 Å². The summed E-state index contributed by atoms with van der Waals surface area (Å²) in [6.45, 7) is 7.46. The van der Waals surface area contributed by atoms with Crippen LogP contribution in [-0.4, -0.2) is 50.8 Å². The summed E-state index contributed by atoms with van der Waals surface area (Å²) in [5.74, 6) is 0. The van der Waals surface area contributed by atoms with Crippen LogP contribution in [0.15, 0.2) is 11.6 Å². The minimum atomic E-state index is 0.910. The van der Waals surface area contributed by atoms with E-state index in [0.29, 0.717) is 0 Å². The summed E-state index contributed by atoms with van der Waals surface area (Å²) >= 11 is 0. The lowest BCUT2D eigenvalue weighted by atomic mass is 9.97. The molecule has 3 nitrogen and oxygen atoms in total. The molecule has 0 aromatic rings. The van der Waals surface area contributed by atoms with Crippen molar-refractivity contribution in [2.75, 3.05) is 45.9 Å². The number of allylic oxidation sites excluding steroid dienone is 1. The van der Waals surface area contributed by atoms with Crippen molar-refractivity contribution in [3.63, 3.8) is 0 Å². The second-order valence-corrected chi connectivity index (χ2v) is 5.06. The van der Waals surface area contributed by atoms with Gasteiger partial charge in [-0.2, -0.15) is 0 Å². The van der Waals surface area contributed by atoms with Crippen molar-refractivity contribution in [2.24, 2.45) is 0 Å². The van der Waals surface area contributed by atoms with Gasteiger partial charge in [0.05, 0.1) is 13.2 Å². The fourth-order valence-electron chi connectivity index (χ4n) is 2.57. The van der Waals surface area contributed by atoms with Gasteiger partial charge in [0.2, 0.25) is 0 Å².